The first kappa shape index (κ1) is 33.1. The molecule has 2 aromatic carbocycles. The Bertz CT molecular complexity index is 1110. The van der Waals surface area contributed by atoms with Gasteiger partial charge in [-0.05, 0) is 69.9 Å². The topological polar surface area (TPSA) is 112 Å². The molecule has 1 fully saturated rings. The number of ether oxygens (including phenoxy) is 4. The second kappa shape index (κ2) is 16.3. The first-order valence-electron chi connectivity index (χ1n) is 14.8. The number of benzene rings is 2. The molecule has 3 rings (SSSR count). The minimum absolute atomic E-state index is 0.0941. The molecule has 0 radical (unpaired) electrons. The SMILES string of the molecule is CC(C)C[C@H](NC(=O)[C@@H](OC1CCCCO1)C(Cc1ccccc1)NC(=O)OC(C)(C)C)C(=O)OCc1ccccc1. The molecule has 0 aromatic heterocycles. The molecule has 1 heterocycles. The van der Waals surface area contributed by atoms with Gasteiger partial charge in [0.25, 0.3) is 5.91 Å². The first-order valence-corrected chi connectivity index (χ1v) is 14.8. The lowest BCUT2D eigenvalue weighted by Gasteiger charge is -2.33. The molecule has 0 saturated carbocycles. The highest BCUT2D eigenvalue weighted by atomic mass is 16.7. The molecule has 1 aliphatic heterocycles. The molecule has 9 nitrogen and oxygen atoms in total. The van der Waals surface area contributed by atoms with Crippen molar-refractivity contribution in [2.75, 3.05) is 6.61 Å². The van der Waals surface area contributed by atoms with Crippen LogP contribution in [0.15, 0.2) is 60.7 Å². The van der Waals surface area contributed by atoms with Crippen LogP contribution < -0.4 is 10.6 Å². The summed E-state index contributed by atoms with van der Waals surface area (Å²) in [6, 6.07) is 17.2. The quantitative estimate of drug-likeness (QED) is 0.308. The number of alkyl carbamates (subject to hydrolysis) is 1. The third-order valence-corrected chi connectivity index (χ3v) is 6.59. The van der Waals surface area contributed by atoms with Crippen molar-refractivity contribution in [3.63, 3.8) is 0 Å². The molecule has 0 bridgehead atoms. The Labute approximate surface area is 249 Å². The van der Waals surface area contributed by atoms with Crippen molar-refractivity contribution in [1.29, 1.82) is 0 Å². The molecular weight excluding hydrogens is 536 g/mol. The smallest absolute Gasteiger partial charge is 0.407 e. The van der Waals surface area contributed by atoms with Gasteiger partial charge in [0.05, 0.1) is 6.04 Å². The third-order valence-electron chi connectivity index (χ3n) is 6.59. The molecule has 4 atom stereocenters. The zero-order chi connectivity index (χ0) is 30.5. The number of nitrogens with one attached hydrogen (secondary N) is 2. The fourth-order valence-electron chi connectivity index (χ4n) is 4.65. The summed E-state index contributed by atoms with van der Waals surface area (Å²) >= 11 is 0. The van der Waals surface area contributed by atoms with E-state index in [0.29, 0.717) is 19.4 Å². The van der Waals surface area contributed by atoms with Crippen molar-refractivity contribution in [1.82, 2.24) is 10.6 Å². The van der Waals surface area contributed by atoms with Crippen LogP contribution >= 0.6 is 0 Å². The zero-order valence-electron chi connectivity index (χ0n) is 25.5. The zero-order valence-corrected chi connectivity index (χ0v) is 25.5. The van der Waals surface area contributed by atoms with Crippen LogP contribution in [-0.4, -0.2) is 54.7 Å². The fourth-order valence-corrected chi connectivity index (χ4v) is 4.65. The average Bonchev–Trinajstić information content (AvgIpc) is 2.94. The number of rotatable bonds is 13. The number of hydrogen-bond donors (Lipinski definition) is 2. The van der Waals surface area contributed by atoms with Crippen molar-refractivity contribution in [3.8, 4) is 0 Å². The molecule has 9 heteroatoms. The van der Waals surface area contributed by atoms with Gasteiger partial charge in [-0.15, -0.1) is 0 Å². The number of amides is 2. The van der Waals surface area contributed by atoms with Crippen LogP contribution in [0.25, 0.3) is 0 Å². The van der Waals surface area contributed by atoms with Gasteiger partial charge in [-0.2, -0.15) is 0 Å². The van der Waals surface area contributed by atoms with Crippen LogP contribution in [-0.2, 0) is 41.6 Å². The normalized spacial score (nSPS) is 17.5. The van der Waals surface area contributed by atoms with E-state index in [0.717, 1.165) is 24.0 Å². The second-order valence-corrected chi connectivity index (χ2v) is 12.1. The first-order chi connectivity index (χ1) is 20.0. The predicted octanol–water partition coefficient (Wildman–Crippen LogP) is 5.31. The summed E-state index contributed by atoms with van der Waals surface area (Å²) in [6.45, 7) is 9.86. The molecule has 1 saturated heterocycles. The monoisotopic (exact) mass is 582 g/mol. The number of carbonyl (C=O) groups is 3. The van der Waals surface area contributed by atoms with Gasteiger partial charge in [-0.1, -0.05) is 74.5 Å². The number of esters is 1. The summed E-state index contributed by atoms with van der Waals surface area (Å²) in [4.78, 5) is 40.1. The Kier molecular flexibility index (Phi) is 12.8. The summed E-state index contributed by atoms with van der Waals surface area (Å²) in [5.41, 5.74) is 1.00. The highest BCUT2D eigenvalue weighted by Gasteiger charge is 2.37. The van der Waals surface area contributed by atoms with Crippen molar-refractivity contribution < 1.29 is 33.3 Å². The highest BCUT2D eigenvalue weighted by molar-refractivity contribution is 5.88. The van der Waals surface area contributed by atoms with E-state index in [1.165, 1.54) is 0 Å². The van der Waals surface area contributed by atoms with Crippen LogP contribution in [0.5, 0.6) is 0 Å². The van der Waals surface area contributed by atoms with Gasteiger partial charge < -0.3 is 29.6 Å². The summed E-state index contributed by atoms with van der Waals surface area (Å²) < 4.78 is 23.2. The maximum atomic E-state index is 14.0. The fraction of sp³-hybridized carbons (Fsp3) is 0.545. The molecule has 2 amide bonds. The van der Waals surface area contributed by atoms with Crippen molar-refractivity contribution >= 4 is 18.0 Å². The lowest BCUT2D eigenvalue weighted by molar-refractivity contribution is -0.197. The maximum Gasteiger partial charge on any atom is 0.407 e. The Hall–Kier alpha value is -3.43. The largest absolute Gasteiger partial charge is 0.459 e. The molecule has 2 unspecified atom stereocenters. The van der Waals surface area contributed by atoms with Gasteiger partial charge in [0.2, 0.25) is 0 Å². The molecule has 230 valence electrons. The van der Waals surface area contributed by atoms with Crippen molar-refractivity contribution in [2.24, 2.45) is 5.92 Å². The number of hydrogen-bond acceptors (Lipinski definition) is 7. The lowest BCUT2D eigenvalue weighted by Crippen LogP contribution is -2.57. The van der Waals surface area contributed by atoms with Gasteiger partial charge in [0.15, 0.2) is 12.4 Å². The van der Waals surface area contributed by atoms with Gasteiger partial charge in [-0.3, -0.25) is 4.79 Å². The van der Waals surface area contributed by atoms with Crippen LogP contribution in [0.1, 0.15) is 71.4 Å². The summed E-state index contributed by atoms with van der Waals surface area (Å²) in [5.74, 6) is -0.975. The van der Waals surface area contributed by atoms with Crippen molar-refractivity contribution in [2.45, 2.75) is 103 Å². The molecule has 2 aromatic rings. The van der Waals surface area contributed by atoms with E-state index < -0.39 is 48.0 Å². The Morgan fingerprint density at radius 2 is 1.57 bits per heavy atom. The van der Waals surface area contributed by atoms with Gasteiger partial charge in [0, 0.05) is 6.61 Å². The predicted molar refractivity (Wildman–Crippen MR) is 159 cm³/mol. The van der Waals surface area contributed by atoms with Gasteiger partial charge in [-0.25, -0.2) is 9.59 Å². The standard InChI is InChI=1S/C33H46N2O7/c1-23(2)20-27(31(37)40-22-25-16-10-7-11-17-25)34-30(36)29(41-28-18-12-13-19-39-28)26(21-24-14-8-6-9-15-24)35-32(38)42-33(3,4)5/h6-11,14-17,23,26-29H,12-13,18-22H2,1-5H3,(H,34,36)(H,35,38)/t26?,27-,28?,29-/m0/s1. The van der Waals surface area contributed by atoms with Crippen molar-refractivity contribution in [3.05, 3.63) is 71.8 Å². The maximum absolute atomic E-state index is 14.0. The van der Waals surface area contributed by atoms with Gasteiger partial charge in [0.1, 0.15) is 18.2 Å². The van der Waals surface area contributed by atoms with Crippen LogP contribution in [0.2, 0.25) is 0 Å². The highest BCUT2D eigenvalue weighted by Crippen LogP contribution is 2.20. The molecule has 2 N–H and O–H groups in total. The van der Waals surface area contributed by atoms with Crippen LogP contribution in [0.4, 0.5) is 4.79 Å². The minimum Gasteiger partial charge on any atom is -0.459 e. The van der Waals surface area contributed by atoms with Gasteiger partial charge >= 0.3 is 12.1 Å². The van der Waals surface area contributed by atoms with Crippen LogP contribution in [0.3, 0.4) is 0 Å². The van der Waals surface area contributed by atoms with E-state index in [4.69, 9.17) is 18.9 Å². The molecular formula is C33H46N2O7. The Morgan fingerprint density at radius 3 is 2.14 bits per heavy atom. The molecule has 0 spiro atoms. The lowest BCUT2D eigenvalue weighted by atomic mass is 9.99. The summed E-state index contributed by atoms with van der Waals surface area (Å²) in [6.07, 6.45) is 0.610. The average molecular weight is 583 g/mol. The minimum atomic E-state index is -1.17. The van der Waals surface area contributed by atoms with Crippen LogP contribution in [0, 0.1) is 5.92 Å². The molecule has 1 aliphatic rings. The van der Waals surface area contributed by atoms with E-state index in [1.807, 2.05) is 74.5 Å². The van der Waals surface area contributed by atoms with E-state index in [9.17, 15) is 14.4 Å². The molecule has 0 aliphatic carbocycles. The summed E-state index contributed by atoms with van der Waals surface area (Å²) in [7, 11) is 0. The van der Waals surface area contributed by atoms with E-state index in [-0.39, 0.29) is 18.9 Å². The molecule has 42 heavy (non-hydrogen) atoms. The number of carbonyl (C=O) groups excluding carboxylic acids is 3. The second-order valence-electron chi connectivity index (χ2n) is 12.1. The Balaban J connectivity index is 1.85. The van der Waals surface area contributed by atoms with E-state index in [2.05, 4.69) is 10.6 Å². The summed E-state index contributed by atoms with van der Waals surface area (Å²) in [5, 5.41) is 5.74. The van der Waals surface area contributed by atoms with E-state index in [1.54, 1.807) is 20.8 Å². The third kappa shape index (κ3) is 11.8. The Morgan fingerprint density at radius 1 is 0.929 bits per heavy atom. The van der Waals surface area contributed by atoms with E-state index >= 15 is 0 Å².